The van der Waals surface area contributed by atoms with Gasteiger partial charge >= 0.3 is 5.97 Å². The predicted octanol–water partition coefficient (Wildman–Crippen LogP) is 4.54. The number of nitrogens with one attached hydrogen (secondary N) is 1. The average molecular weight is 384 g/mol. The molecule has 1 atom stereocenters. The van der Waals surface area contributed by atoms with Crippen molar-refractivity contribution in [1.29, 1.82) is 0 Å². The number of methoxy groups -OCH3 is 1. The molecule has 6 nitrogen and oxygen atoms in total. The van der Waals surface area contributed by atoms with Gasteiger partial charge in [-0.05, 0) is 43.7 Å². The van der Waals surface area contributed by atoms with E-state index in [1.165, 1.54) is 30.0 Å². The van der Waals surface area contributed by atoms with Crippen molar-refractivity contribution in [3.05, 3.63) is 67.2 Å². The van der Waals surface area contributed by atoms with Gasteiger partial charge in [0.2, 0.25) is 0 Å². The molecule has 0 fully saturated rings. The molecule has 140 valence electrons. The molecule has 0 bridgehead atoms. The lowest BCUT2D eigenvalue weighted by Gasteiger charge is -2.29. The molecule has 1 aromatic carbocycles. The molecule has 1 N–H and O–H groups in total. The van der Waals surface area contributed by atoms with E-state index in [4.69, 9.17) is 4.74 Å². The Kier molecular flexibility index (Phi) is 4.47. The van der Waals surface area contributed by atoms with Crippen LogP contribution in [0.5, 0.6) is 0 Å². The highest BCUT2D eigenvalue weighted by Crippen LogP contribution is 2.50. The number of hydrogen-bond acceptors (Lipinski definition) is 6. The molecule has 1 aliphatic heterocycles. The average Bonchev–Trinajstić information content (AvgIpc) is 3.04. The first-order valence-corrected chi connectivity index (χ1v) is 9.77. The second-order valence-corrected chi connectivity index (χ2v) is 8.00. The summed E-state index contributed by atoms with van der Waals surface area (Å²) in [5.74, 6) is -0.760. The van der Waals surface area contributed by atoms with E-state index in [1.54, 1.807) is 23.5 Å². The Morgan fingerprint density at radius 2 is 2.11 bits per heavy atom. The molecule has 2 aromatic rings. The van der Waals surface area contributed by atoms with Crippen molar-refractivity contribution < 1.29 is 14.5 Å². The lowest BCUT2D eigenvalue weighted by atomic mass is 9.78. The van der Waals surface area contributed by atoms with E-state index >= 15 is 0 Å². The van der Waals surface area contributed by atoms with Gasteiger partial charge in [-0.25, -0.2) is 4.79 Å². The first kappa shape index (κ1) is 17.7. The molecule has 0 radical (unpaired) electrons. The van der Waals surface area contributed by atoms with Crippen LogP contribution in [0.3, 0.4) is 0 Å². The molecular weight excluding hydrogens is 364 g/mol. The number of non-ortho nitro benzene ring substituents is 1. The van der Waals surface area contributed by atoms with Crippen LogP contribution in [-0.4, -0.2) is 18.0 Å². The van der Waals surface area contributed by atoms with Crippen molar-refractivity contribution in [3.63, 3.8) is 0 Å². The molecule has 0 saturated heterocycles. The minimum Gasteiger partial charge on any atom is -0.466 e. The van der Waals surface area contributed by atoms with E-state index in [0.29, 0.717) is 5.57 Å². The number of carbonyl (C=O) groups is 1. The predicted molar refractivity (Wildman–Crippen MR) is 104 cm³/mol. The van der Waals surface area contributed by atoms with Crippen LogP contribution in [0.2, 0.25) is 0 Å². The number of ether oxygens (including phenoxy) is 1. The SMILES string of the molecule is COC(=O)C1=C(C)Nc2sc3c(c2C1c1cccc([N+](=O)[O-])c1)CCCC3. The zero-order valence-electron chi connectivity index (χ0n) is 15.2. The fourth-order valence-electron chi connectivity index (χ4n) is 4.12. The number of carbonyl (C=O) groups excluding carboxylic acids is 1. The Morgan fingerprint density at radius 3 is 2.85 bits per heavy atom. The first-order chi connectivity index (χ1) is 13.0. The molecule has 7 heteroatoms. The van der Waals surface area contributed by atoms with E-state index in [2.05, 4.69) is 5.32 Å². The summed E-state index contributed by atoms with van der Waals surface area (Å²) in [4.78, 5) is 24.9. The second-order valence-electron chi connectivity index (χ2n) is 6.89. The molecule has 0 amide bonds. The number of esters is 1. The van der Waals surface area contributed by atoms with E-state index in [0.717, 1.165) is 41.1 Å². The fraction of sp³-hybridized carbons (Fsp3) is 0.350. The highest BCUT2D eigenvalue weighted by Gasteiger charge is 2.37. The van der Waals surface area contributed by atoms with Crippen LogP contribution in [0.15, 0.2) is 35.5 Å². The number of aryl methyl sites for hydroxylation is 1. The number of rotatable bonds is 3. The number of nitrogens with zero attached hydrogens (tertiary/aromatic N) is 1. The summed E-state index contributed by atoms with van der Waals surface area (Å²) in [6.07, 6.45) is 4.31. The minimum absolute atomic E-state index is 0.0264. The van der Waals surface area contributed by atoms with Gasteiger partial charge in [-0.3, -0.25) is 10.1 Å². The van der Waals surface area contributed by atoms with Gasteiger partial charge in [0.15, 0.2) is 0 Å². The number of fused-ring (bicyclic) bond motifs is 3. The highest BCUT2D eigenvalue weighted by molar-refractivity contribution is 7.16. The van der Waals surface area contributed by atoms with Gasteiger partial charge < -0.3 is 10.1 Å². The largest absolute Gasteiger partial charge is 0.466 e. The summed E-state index contributed by atoms with van der Waals surface area (Å²) < 4.78 is 5.06. The van der Waals surface area contributed by atoms with Crippen molar-refractivity contribution in [3.8, 4) is 0 Å². The van der Waals surface area contributed by atoms with Crippen LogP contribution < -0.4 is 5.32 Å². The van der Waals surface area contributed by atoms with Crippen molar-refractivity contribution in [1.82, 2.24) is 0 Å². The second kappa shape index (κ2) is 6.81. The molecule has 1 unspecified atom stereocenters. The van der Waals surface area contributed by atoms with E-state index < -0.39 is 10.9 Å². The smallest absolute Gasteiger partial charge is 0.336 e. The summed E-state index contributed by atoms with van der Waals surface area (Å²) in [6, 6.07) is 6.58. The zero-order chi connectivity index (χ0) is 19.1. The van der Waals surface area contributed by atoms with Crippen LogP contribution in [0, 0.1) is 10.1 Å². The molecule has 2 heterocycles. The van der Waals surface area contributed by atoms with Crippen LogP contribution in [0.4, 0.5) is 10.7 Å². The van der Waals surface area contributed by atoms with Crippen molar-refractivity contribution in [2.45, 2.75) is 38.5 Å². The van der Waals surface area contributed by atoms with E-state index in [1.807, 2.05) is 13.0 Å². The topological polar surface area (TPSA) is 81.5 Å². The molecule has 27 heavy (non-hydrogen) atoms. The van der Waals surface area contributed by atoms with Gasteiger partial charge in [0.25, 0.3) is 5.69 Å². The number of allylic oxidation sites excluding steroid dienone is 1. The number of nitro groups is 1. The maximum absolute atomic E-state index is 12.6. The van der Waals surface area contributed by atoms with Gasteiger partial charge in [0.1, 0.15) is 0 Å². The van der Waals surface area contributed by atoms with Crippen molar-refractivity contribution in [2.24, 2.45) is 0 Å². The number of thiophene rings is 1. The molecule has 1 aromatic heterocycles. The number of benzene rings is 1. The molecular formula is C20H20N2O4S. The fourth-order valence-corrected chi connectivity index (χ4v) is 5.50. The third kappa shape index (κ3) is 2.92. The summed E-state index contributed by atoms with van der Waals surface area (Å²) in [7, 11) is 1.37. The Balaban J connectivity index is 1.95. The van der Waals surface area contributed by atoms with Crippen LogP contribution in [-0.2, 0) is 22.4 Å². The van der Waals surface area contributed by atoms with E-state index in [-0.39, 0.29) is 11.6 Å². The standard InChI is InChI=1S/C20H20N2O4S/c1-11-16(20(23)26-2)17(12-6-5-7-13(10-12)22(24)25)18-14-8-3-4-9-15(14)27-19(18)21-11/h5-7,10,17,21H,3-4,8-9H2,1-2H3. The number of nitro benzene ring substituents is 1. The van der Waals surface area contributed by atoms with Gasteiger partial charge in [-0.2, -0.15) is 0 Å². The maximum Gasteiger partial charge on any atom is 0.336 e. The summed E-state index contributed by atoms with van der Waals surface area (Å²) >= 11 is 1.74. The quantitative estimate of drug-likeness (QED) is 0.477. The summed E-state index contributed by atoms with van der Waals surface area (Å²) in [5.41, 5.74) is 4.41. The molecule has 4 rings (SSSR count). The Labute approximate surface area is 161 Å². The molecule has 0 saturated carbocycles. The minimum atomic E-state index is -0.405. The normalized spacial score (nSPS) is 18.4. The first-order valence-electron chi connectivity index (χ1n) is 8.96. The van der Waals surface area contributed by atoms with Crippen LogP contribution >= 0.6 is 11.3 Å². The lowest BCUT2D eigenvalue weighted by molar-refractivity contribution is -0.384. The van der Waals surface area contributed by atoms with Crippen LogP contribution in [0.25, 0.3) is 0 Å². The Hall–Kier alpha value is -2.67. The third-order valence-corrected chi connectivity index (χ3v) is 6.54. The molecule has 2 aliphatic rings. The Morgan fingerprint density at radius 1 is 1.33 bits per heavy atom. The summed E-state index contributed by atoms with van der Waals surface area (Å²) in [5, 5.41) is 15.7. The van der Waals surface area contributed by atoms with Gasteiger partial charge in [0.05, 0.1) is 22.6 Å². The highest BCUT2D eigenvalue weighted by atomic mass is 32.1. The van der Waals surface area contributed by atoms with Gasteiger partial charge in [0, 0.05) is 34.2 Å². The number of anilines is 1. The van der Waals surface area contributed by atoms with Gasteiger partial charge in [-0.15, -0.1) is 11.3 Å². The lowest BCUT2D eigenvalue weighted by Crippen LogP contribution is -2.24. The maximum atomic E-state index is 12.6. The third-order valence-electron chi connectivity index (χ3n) is 5.31. The summed E-state index contributed by atoms with van der Waals surface area (Å²) in [6.45, 7) is 1.86. The number of hydrogen-bond donors (Lipinski definition) is 1. The van der Waals surface area contributed by atoms with Crippen molar-refractivity contribution >= 4 is 28.0 Å². The molecule has 1 aliphatic carbocycles. The van der Waals surface area contributed by atoms with Gasteiger partial charge in [-0.1, -0.05) is 12.1 Å². The monoisotopic (exact) mass is 384 g/mol. The zero-order valence-corrected chi connectivity index (χ0v) is 16.0. The molecule has 0 spiro atoms. The van der Waals surface area contributed by atoms with Crippen molar-refractivity contribution in [2.75, 3.05) is 12.4 Å². The Bertz CT molecular complexity index is 976. The van der Waals surface area contributed by atoms with Crippen LogP contribution in [0.1, 0.15) is 47.3 Å². The van der Waals surface area contributed by atoms with E-state index in [9.17, 15) is 14.9 Å².